The molecule has 0 aliphatic carbocycles. The second kappa shape index (κ2) is 20.0. The van der Waals surface area contributed by atoms with Crippen molar-refractivity contribution in [3.05, 3.63) is 315 Å². The molecule has 0 aliphatic rings. The van der Waals surface area contributed by atoms with Gasteiger partial charge in [0, 0.05) is 16.2 Å². The van der Waals surface area contributed by atoms with Gasteiger partial charge in [0.2, 0.25) is 0 Å². The topological polar surface area (TPSA) is 13.1 Å². The highest BCUT2D eigenvalue weighted by atomic mass is 16.3. The standard InChI is InChI=1S/C46H30.C36H22O/c1-2-11-31(12-3-1)38-27-28-43-44(30-38)46(40-20-10-16-34-14-6-7-17-39(34)40)42-19-9-8-18-41(42)45(43)35-24-21-33(22-25-35)37-26-23-32-13-4-5-15-36(32)29-37;1-2-12-24(13-3-1)33-26-15-6-8-17-28(26)34(29-18-9-7-16-27(29)33)30-19-10-20-32-35(30)31-22-21-23-11-4-5-14-25(23)36(31)37-32/h1-30H;1-22H/i;1D,2D,3D,12D,13D. The lowest BCUT2D eigenvalue weighted by Gasteiger charge is -2.20. The molecule has 16 aromatic carbocycles. The summed E-state index contributed by atoms with van der Waals surface area (Å²) in [6.45, 7) is 0. The van der Waals surface area contributed by atoms with Crippen LogP contribution in [0.1, 0.15) is 6.85 Å². The van der Waals surface area contributed by atoms with Gasteiger partial charge in [-0.3, -0.25) is 0 Å². The van der Waals surface area contributed by atoms with Crippen LogP contribution in [-0.2, 0) is 0 Å². The maximum absolute atomic E-state index is 8.80. The molecule has 0 saturated carbocycles. The smallest absolute Gasteiger partial charge is 0.143 e. The molecular weight excluding hydrogens is 1000 g/mol. The maximum Gasteiger partial charge on any atom is 0.143 e. The average Bonchev–Trinajstić information content (AvgIpc) is 1.19. The monoisotopic (exact) mass is 1060 g/mol. The van der Waals surface area contributed by atoms with Crippen molar-refractivity contribution < 1.29 is 11.3 Å². The van der Waals surface area contributed by atoms with Gasteiger partial charge in [-0.25, -0.2) is 0 Å². The van der Waals surface area contributed by atoms with Gasteiger partial charge in [-0.05, 0) is 161 Å². The zero-order chi connectivity index (χ0) is 59.1. The lowest BCUT2D eigenvalue weighted by atomic mass is 9.83. The Labute approximate surface area is 488 Å². The van der Waals surface area contributed by atoms with Gasteiger partial charge in [-0.2, -0.15) is 0 Å². The van der Waals surface area contributed by atoms with Crippen LogP contribution in [0.5, 0.6) is 0 Å². The van der Waals surface area contributed by atoms with Crippen LogP contribution in [0.3, 0.4) is 0 Å². The fourth-order valence-electron chi connectivity index (χ4n) is 13.1. The lowest BCUT2D eigenvalue weighted by molar-refractivity contribution is 0.673. The second-order valence-corrected chi connectivity index (χ2v) is 21.4. The van der Waals surface area contributed by atoms with Crippen LogP contribution in [0.25, 0.3) is 164 Å². The first kappa shape index (κ1) is 43.0. The Hall–Kier alpha value is -10.9. The highest BCUT2D eigenvalue weighted by Gasteiger charge is 2.22. The molecule has 386 valence electrons. The van der Waals surface area contributed by atoms with Crippen LogP contribution in [0, 0.1) is 0 Å². The number of fused-ring (bicyclic) bond motifs is 11. The van der Waals surface area contributed by atoms with E-state index in [1.165, 1.54) is 87.6 Å². The maximum atomic E-state index is 8.80. The van der Waals surface area contributed by atoms with Crippen molar-refractivity contribution in [2.75, 3.05) is 0 Å². The largest absolute Gasteiger partial charge is 0.455 e. The molecule has 0 bridgehead atoms. The third-order valence-corrected chi connectivity index (χ3v) is 16.8. The third-order valence-electron chi connectivity index (χ3n) is 16.8. The Kier molecular flexibility index (Phi) is 10.4. The minimum absolute atomic E-state index is 0.207. The van der Waals surface area contributed by atoms with Crippen molar-refractivity contribution in [1.82, 2.24) is 0 Å². The number of hydrogen-bond donors (Lipinski definition) is 0. The van der Waals surface area contributed by atoms with Gasteiger partial charge in [0.1, 0.15) is 11.2 Å². The Morgan fingerprint density at radius 3 is 1.35 bits per heavy atom. The fourth-order valence-corrected chi connectivity index (χ4v) is 13.1. The molecule has 0 fully saturated rings. The van der Waals surface area contributed by atoms with Crippen molar-refractivity contribution in [1.29, 1.82) is 0 Å². The molecule has 0 atom stereocenters. The van der Waals surface area contributed by atoms with E-state index in [4.69, 9.17) is 11.3 Å². The predicted octanol–water partition coefficient (Wildman–Crippen LogP) is 23.3. The van der Waals surface area contributed by atoms with Crippen molar-refractivity contribution in [3.8, 4) is 66.8 Å². The van der Waals surface area contributed by atoms with Gasteiger partial charge in [0.25, 0.3) is 0 Å². The summed E-state index contributed by atoms with van der Waals surface area (Å²) in [5.74, 6) is 0. The molecule has 1 heterocycles. The molecule has 0 aliphatic heterocycles. The quantitative estimate of drug-likeness (QED) is 0.151. The van der Waals surface area contributed by atoms with E-state index in [0.717, 1.165) is 65.4 Å². The molecule has 17 rings (SSSR count). The molecule has 0 N–H and O–H groups in total. The molecular formula is C82H52O. The van der Waals surface area contributed by atoms with E-state index in [9.17, 15) is 0 Å². The Balaban J connectivity index is 0.000000142. The first-order valence-corrected chi connectivity index (χ1v) is 28.2. The molecule has 1 aromatic heterocycles. The van der Waals surface area contributed by atoms with E-state index in [2.05, 4.69) is 212 Å². The van der Waals surface area contributed by atoms with Crippen molar-refractivity contribution >= 4 is 97.3 Å². The summed E-state index contributed by atoms with van der Waals surface area (Å²) < 4.78 is 49.0. The predicted molar refractivity (Wildman–Crippen MR) is 355 cm³/mol. The summed E-state index contributed by atoms with van der Waals surface area (Å²) in [4.78, 5) is 0. The van der Waals surface area contributed by atoms with Gasteiger partial charge in [0.05, 0.1) is 6.85 Å². The van der Waals surface area contributed by atoms with Gasteiger partial charge in [-0.1, -0.05) is 291 Å². The molecule has 0 saturated heterocycles. The third kappa shape index (κ3) is 8.16. The molecule has 0 radical (unpaired) electrons. The van der Waals surface area contributed by atoms with Crippen LogP contribution >= 0.6 is 0 Å². The summed E-state index contributed by atoms with van der Waals surface area (Å²) in [5.41, 5.74) is 14.5. The molecule has 1 nitrogen and oxygen atoms in total. The fraction of sp³-hybridized carbons (Fsp3) is 0. The molecule has 0 spiro atoms. The minimum Gasteiger partial charge on any atom is -0.455 e. The second-order valence-electron chi connectivity index (χ2n) is 21.4. The Morgan fingerprint density at radius 1 is 0.229 bits per heavy atom. The van der Waals surface area contributed by atoms with Crippen molar-refractivity contribution in [2.45, 2.75) is 0 Å². The molecule has 83 heavy (non-hydrogen) atoms. The highest BCUT2D eigenvalue weighted by Crippen LogP contribution is 2.49. The van der Waals surface area contributed by atoms with Gasteiger partial charge in [0.15, 0.2) is 0 Å². The molecule has 0 unspecified atom stereocenters. The first-order chi connectivity index (χ1) is 43.3. The summed E-state index contributed by atoms with van der Waals surface area (Å²) in [6.07, 6.45) is 0. The van der Waals surface area contributed by atoms with E-state index in [-0.39, 0.29) is 29.7 Å². The van der Waals surface area contributed by atoms with Crippen molar-refractivity contribution in [2.24, 2.45) is 0 Å². The van der Waals surface area contributed by atoms with E-state index >= 15 is 0 Å². The van der Waals surface area contributed by atoms with Crippen LogP contribution in [-0.4, -0.2) is 0 Å². The van der Waals surface area contributed by atoms with E-state index in [1.54, 1.807) is 0 Å². The zero-order valence-electron chi connectivity index (χ0n) is 50.0. The summed E-state index contributed by atoms with van der Waals surface area (Å²) in [6, 6.07) is 99.5. The van der Waals surface area contributed by atoms with Crippen LogP contribution in [0.2, 0.25) is 0 Å². The zero-order valence-corrected chi connectivity index (χ0v) is 45.0. The summed E-state index contributed by atoms with van der Waals surface area (Å²) in [5, 5.41) is 17.8. The SMILES string of the molecule is [2H]c1c([2H])c([2H])c(-c2c3ccccc3c(-c3cccc4oc5c6ccccc6ccc5c34)c3ccccc23)c([2H])c1[2H].c1ccc(-c2ccc3c(-c4ccc(-c5ccc6ccccc6c5)cc4)c4ccccc4c(-c4cccc5ccccc45)c3c2)cc1. The number of benzene rings is 16. The molecule has 17 aromatic rings. The van der Waals surface area contributed by atoms with Gasteiger partial charge < -0.3 is 4.42 Å². The summed E-state index contributed by atoms with van der Waals surface area (Å²) in [7, 11) is 0. The van der Waals surface area contributed by atoms with E-state index in [1.807, 2.05) is 72.8 Å². The van der Waals surface area contributed by atoms with Crippen LogP contribution in [0.15, 0.2) is 320 Å². The Bertz CT molecular complexity index is 5600. The summed E-state index contributed by atoms with van der Waals surface area (Å²) >= 11 is 0. The van der Waals surface area contributed by atoms with Gasteiger partial charge >= 0.3 is 0 Å². The number of rotatable bonds is 6. The van der Waals surface area contributed by atoms with E-state index in [0.29, 0.717) is 5.56 Å². The number of furan rings is 1. The number of hydrogen-bond acceptors (Lipinski definition) is 1. The highest BCUT2D eigenvalue weighted by molar-refractivity contribution is 6.28. The van der Waals surface area contributed by atoms with E-state index < -0.39 is 6.04 Å². The van der Waals surface area contributed by atoms with Gasteiger partial charge in [-0.15, -0.1) is 0 Å². The average molecular weight is 1060 g/mol. The lowest BCUT2D eigenvalue weighted by Crippen LogP contribution is -1.92. The first-order valence-electron chi connectivity index (χ1n) is 30.7. The molecule has 0 amide bonds. The molecule has 1 heteroatoms. The minimum atomic E-state index is -0.398. The van der Waals surface area contributed by atoms with Crippen LogP contribution in [0.4, 0.5) is 0 Å². The van der Waals surface area contributed by atoms with Crippen molar-refractivity contribution in [3.63, 3.8) is 0 Å². The normalized spacial score (nSPS) is 12.5. The Morgan fingerprint density at radius 2 is 0.663 bits per heavy atom. The van der Waals surface area contributed by atoms with Crippen LogP contribution < -0.4 is 0 Å².